The molecule has 5 nitrogen and oxygen atoms in total. The Bertz CT molecular complexity index is 613. The van der Waals surface area contributed by atoms with E-state index in [1.165, 1.54) is 0 Å². The van der Waals surface area contributed by atoms with Gasteiger partial charge in [0.05, 0.1) is 0 Å². The Labute approximate surface area is 121 Å². The van der Waals surface area contributed by atoms with Crippen LogP contribution in [-0.2, 0) is 0 Å². The number of nitrogens with one attached hydrogen (secondary N) is 2. The Balaban J connectivity index is 2.02. The summed E-state index contributed by atoms with van der Waals surface area (Å²) in [6, 6.07) is 10.1. The number of amides is 1. The van der Waals surface area contributed by atoms with E-state index >= 15 is 0 Å². The van der Waals surface area contributed by atoms with Crippen molar-refractivity contribution < 1.29 is 4.79 Å². The fourth-order valence-corrected chi connectivity index (χ4v) is 1.68. The van der Waals surface area contributed by atoms with E-state index in [1.54, 1.807) is 42.5 Å². The van der Waals surface area contributed by atoms with E-state index in [0.29, 0.717) is 28.8 Å². The Morgan fingerprint density at radius 3 is 2.65 bits per heavy atom. The van der Waals surface area contributed by atoms with E-state index in [1.807, 2.05) is 0 Å². The molecule has 102 valence electrons. The maximum Gasteiger partial charge on any atom is 0.256 e. The van der Waals surface area contributed by atoms with Crippen molar-refractivity contribution in [2.45, 2.75) is 0 Å². The number of rotatable bonds is 5. The number of hydrogen-bond acceptors (Lipinski definition) is 4. The van der Waals surface area contributed by atoms with Crippen molar-refractivity contribution in [1.82, 2.24) is 10.2 Å². The van der Waals surface area contributed by atoms with Gasteiger partial charge in [-0.25, -0.2) is 0 Å². The summed E-state index contributed by atoms with van der Waals surface area (Å²) in [4.78, 5) is 12.0. The highest BCUT2D eigenvalue weighted by molar-refractivity contribution is 6.31. The van der Waals surface area contributed by atoms with E-state index in [4.69, 9.17) is 11.6 Å². The number of halogens is 1. The minimum absolute atomic E-state index is 0.284. The van der Waals surface area contributed by atoms with Crippen LogP contribution in [0, 0.1) is 0 Å². The molecule has 1 aromatic heterocycles. The van der Waals surface area contributed by atoms with Gasteiger partial charge in [-0.15, -0.1) is 16.8 Å². The minimum Gasteiger partial charge on any atom is -0.365 e. The Morgan fingerprint density at radius 2 is 2.00 bits per heavy atom. The number of nitrogens with zero attached hydrogens (tertiary/aromatic N) is 2. The number of carbonyl (C=O) groups is 1. The summed E-state index contributed by atoms with van der Waals surface area (Å²) < 4.78 is 0. The molecule has 20 heavy (non-hydrogen) atoms. The van der Waals surface area contributed by atoms with Gasteiger partial charge in [-0.1, -0.05) is 23.7 Å². The largest absolute Gasteiger partial charge is 0.365 e. The molecule has 0 fully saturated rings. The van der Waals surface area contributed by atoms with Gasteiger partial charge < -0.3 is 10.6 Å². The van der Waals surface area contributed by atoms with Crippen LogP contribution in [0.4, 0.5) is 11.6 Å². The third-order valence-corrected chi connectivity index (χ3v) is 2.66. The maximum atomic E-state index is 12.0. The van der Waals surface area contributed by atoms with Crippen molar-refractivity contribution in [3.8, 4) is 0 Å². The zero-order chi connectivity index (χ0) is 14.4. The Kier molecular flexibility index (Phi) is 4.68. The molecule has 0 saturated heterocycles. The van der Waals surface area contributed by atoms with E-state index < -0.39 is 0 Å². The third-order valence-electron chi connectivity index (χ3n) is 2.42. The van der Waals surface area contributed by atoms with Crippen molar-refractivity contribution in [2.24, 2.45) is 0 Å². The van der Waals surface area contributed by atoms with Gasteiger partial charge in [0.15, 0.2) is 5.82 Å². The standard InChI is InChI=1S/C14H13ClN4O/c1-2-8-16-12-6-7-13(19-18-12)17-14(20)10-4-3-5-11(15)9-10/h2-7,9H,1,8H2,(H,16,18)(H,17,19,20). The molecule has 0 aliphatic carbocycles. The first kappa shape index (κ1) is 14.0. The lowest BCUT2D eigenvalue weighted by Crippen LogP contribution is -2.13. The van der Waals surface area contributed by atoms with Gasteiger partial charge in [-0.05, 0) is 30.3 Å². The molecule has 0 bridgehead atoms. The molecule has 1 amide bonds. The average Bonchev–Trinajstić information content (AvgIpc) is 2.46. The molecule has 6 heteroatoms. The summed E-state index contributed by atoms with van der Waals surface area (Å²) in [5, 5.41) is 14.0. The zero-order valence-corrected chi connectivity index (χ0v) is 11.4. The van der Waals surface area contributed by atoms with Crippen molar-refractivity contribution in [2.75, 3.05) is 17.2 Å². The zero-order valence-electron chi connectivity index (χ0n) is 10.6. The van der Waals surface area contributed by atoms with Gasteiger partial charge in [-0.2, -0.15) is 0 Å². The summed E-state index contributed by atoms with van der Waals surface area (Å²) in [6.07, 6.45) is 1.72. The monoisotopic (exact) mass is 288 g/mol. The normalized spacial score (nSPS) is 9.85. The third kappa shape index (κ3) is 3.80. The molecule has 1 aromatic carbocycles. The predicted molar refractivity (Wildman–Crippen MR) is 80.1 cm³/mol. The molecule has 0 radical (unpaired) electrons. The van der Waals surface area contributed by atoms with Crippen LogP contribution in [0.1, 0.15) is 10.4 Å². The average molecular weight is 289 g/mol. The fourth-order valence-electron chi connectivity index (χ4n) is 1.49. The first-order chi connectivity index (χ1) is 9.69. The van der Waals surface area contributed by atoms with Crippen LogP contribution < -0.4 is 10.6 Å². The number of benzene rings is 1. The molecule has 0 aliphatic heterocycles. The quantitative estimate of drug-likeness (QED) is 0.830. The smallest absolute Gasteiger partial charge is 0.256 e. The molecule has 2 rings (SSSR count). The summed E-state index contributed by atoms with van der Waals surface area (Å²) in [5.41, 5.74) is 0.466. The van der Waals surface area contributed by atoms with E-state index in [9.17, 15) is 4.79 Å². The van der Waals surface area contributed by atoms with Gasteiger partial charge in [-0.3, -0.25) is 4.79 Å². The minimum atomic E-state index is -0.284. The second-order valence-electron chi connectivity index (χ2n) is 3.94. The van der Waals surface area contributed by atoms with E-state index in [2.05, 4.69) is 27.4 Å². The van der Waals surface area contributed by atoms with Crippen molar-refractivity contribution in [3.05, 3.63) is 59.6 Å². The van der Waals surface area contributed by atoms with Crippen LogP contribution in [-0.4, -0.2) is 22.6 Å². The van der Waals surface area contributed by atoms with Crippen LogP contribution in [0.5, 0.6) is 0 Å². The molecule has 0 unspecified atom stereocenters. The summed E-state index contributed by atoms with van der Waals surface area (Å²) in [5.74, 6) is 0.707. The highest BCUT2D eigenvalue weighted by Crippen LogP contribution is 2.12. The highest BCUT2D eigenvalue weighted by atomic mass is 35.5. The van der Waals surface area contributed by atoms with Crippen LogP contribution in [0.25, 0.3) is 0 Å². The second kappa shape index (κ2) is 6.68. The molecule has 2 aromatic rings. The van der Waals surface area contributed by atoms with E-state index in [0.717, 1.165) is 0 Å². The number of carbonyl (C=O) groups excluding carboxylic acids is 1. The fraction of sp³-hybridized carbons (Fsp3) is 0.0714. The Morgan fingerprint density at radius 1 is 1.25 bits per heavy atom. The lowest BCUT2D eigenvalue weighted by atomic mass is 10.2. The number of anilines is 2. The molecule has 2 N–H and O–H groups in total. The van der Waals surface area contributed by atoms with Gasteiger partial charge in [0.1, 0.15) is 5.82 Å². The van der Waals surface area contributed by atoms with Gasteiger partial charge in [0, 0.05) is 17.1 Å². The topological polar surface area (TPSA) is 66.9 Å². The number of hydrogen-bond donors (Lipinski definition) is 2. The van der Waals surface area contributed by atoms with Crippen molar-refractivity contribution >= 4 is 29.1 Å². The summed E-state index contributed by atoms with van der Waals surface area (Å²) in [6.45, 7) is 4.19. The summed E-state index contributed by atoms with van der Waals surface area (Å²) >= 11 is 5.84. The molecular weight excluding hydrogens is 276 g/mol. The van der Waals surface area contributed by atoms with E-state index in [-0.39, 0.29) is 5.91 Å². The van der Waals surface area contributed by atoms with Gasteiger partial charge >= 0.3 is 0 Å². The predicted octanol–water partition coefficient (Wildman–Crippen LogP) is 2.98. The van der Waals surface area contributed by atoms with Crippen LogP contribution in [0.2, 0.25) is 5.02 Å². The maximum absolute atomic E-state index is 12.0. The van der Waals surface area contributed by atoms with Gasteiger partial charge in [0.2, 0.25) is 0 Å². The van der Waals surface area contributed by atoms with Crippen LogP contribution in [0.3, 0.4) is 0 Å². The number of aromatic nitrogens is 2. The molecule has 0 atom stereocenters. The van der Waals surface area contributed by atoms with Crippen LogP contribution >= 0.6 is 11.6 Å². The van der Waals surface area contributed by atoms with Gasteiger partial charge in [0.25, 0.3) is 5.91 Å². The lowest BCUT2D eigenvalue weighted by Gasteiger charge is -2.05. The summed E-state index contributed by atoms with van der Waals surface area (Å²) in [7, 11) is 0. The van der Waals surface area contributed by atoms with Crippen LogP contribution in [0.15, 0.2) is 49.1 Å². The highest BCUT2D eigenvalue weighted by Gasteiger charge is 2.07. The molecule has 0 spiro atoms. The lowest BCUT2D eigenvalue weighted by molar-refractivity contribution is 0.102. The first-order valence-corrected chi connectivity index (χ1v) is 6.32. The van der Waals surface area contributed by atoms with Crippen molar-refractivity contribution in [3.63, 3.8) is 0 Å². The molecule has 0 aliphatic rings. The van der Waals surface area contributed by atoms with Crippen molar-refractivity contribution in [1.29, 1.82) is 0 Å². The Hall–Kier alpha value is -2.40. The molecule has 1 heterocycles. The molecular formula is C14H13ClN4O. The first-order valence-electron chi connectivity index (χ1n) is 5.94. The second-order valence-corrected chi connectivity index (χ2v) is 4.37. The molecule has 0 saturated carbocycles. The SMILES string of the molecule is C=CCNc1ccc(NC(=O)c2cccc(Cl)c2)nn1.